The average Bonchev–Trinajstić information content (AvgIpc) is 3.01. The SMILES string of the molecule is CC(=O)NCCSc1cccc(CSc2nc3ccccc3[nH]2)c1C. The predicted octanol–water partition coefficient (Wildman–Crippen LogP) is 4.39. The van der Waals surface area contributed by atoms with Crippen LogP contribution >= 0.6 is 23.5 Å². The van der Waals surface area contributed by atoms with Crippen molar-refractivity contribution in [2.75, 3.05) is 12.3 Å². The molecule has 0 saturated heterocycles. The number of thioether (sulfide) groups is 2. The van der Waals surface area contributed by atoms with E-state index < -0.39 is 0 Å². The number of hydrogen-bond donors (Lipinski definition) is 2. The van der Waals surface area contributed by atoms with Crippen molar-refractivity contribution >= 4 is 40.5 Å². The van der Waals surface area contributed by atoms with Gasteiger partial charge in [-0.3, -0.25) is 4.79 Å². The molecule has 3 aromatic rings. The van der Waals surface area contributed by atoms with Gasteiger partial charge in [0.2, 0.25) is 5.91 Å². The van der Waals surface area contributed by atoms with E-state index in [4.69, 9.17) is 0 Å². The van der Waals surface area contributed by atoms with Crippen LogP contribution in [0.5, 0.6) is 0 Å². The van der Waals surface area contributed by atoms with Gasteiger partial charge in [0, 0.05) is 29.9 Å². The number of rotatable bonds is 7. The van der Waals surface area contributed by atoms with E-state index in [9.17, 15) is 4.79 Å². The number of carbonyl (C=O) groups excluding carboxylic acids is 1. The zero-order valence-corrected chi connectivity index (χ0v) is 16.0. The van der Waals surface area contributed by atoms with E-state index in [2.05, 4.69) is 40.4 Å². The fraction of sp³-hybridized carbons (Fsp3) is 0.263. The maximum atomic E-state index is 10.9. The first-order valence-corrected chi connectivity index (χ1v) is 10.1. The normalized spacial score (nSPS) is 11.0. The summed E-state index contributed by atoms with van der Waals surface area (Å²) in [5.74, 6) is 1.78. The standard InChI is InChI=1S/C19H21N3OS2/c1-13-15(6-5-9-18(13)24-11-10-20-14(2)23)12-25-19-21-16-7-3-4-8-17(16)22-19/h3-9H,10-12H2,1-2H3,(H,20,23)(H,21,22). The molecule has 0 bridgehead atoms. The highest BCUT2D eigenvalue weighted by Gasteiger charge is 2.08. The number of imidazole rings is 1. The van der Waals surface area contributed by atoms with Gasteiger partial charge in [-0.15, -0.1) is 11.8 Å². The van der Waals surface area contributed by atoms with Crippen molar-refractivity contribution in [2.24, 2.45) is 0 Å². The number of aromatic amines is 1. The Morgan fingerprint density at radius 3 is 2.80 bits per heavy atom. The molecular weight excluding hydrogens is 350 g/mol. The molecule has 0 aliphatic carbocycles. The number of para-hydroxylation sites is 2. The summed E-state index contributed by atoms with van der Waals surface area (Å²) in [5, 5.41) is 3.78. The molecule has 1 aromatic heterocycles. The molecule has 130 valence electrons. The number of nitrogens with one attached hydrogen (secondary N) is 2. The second-order valence-electron chi connectivity index (χ2n) is 5.72. The molecule has 0 atom stereocenters. The van der Waals surface area contributed by atoms with Gasteiger partial charge in [-0.1, -0.05) is 36.0 Å². The van der Waals surface area contributed by atoms with Gasteiger partial charge < -0.3 is 10.3 Å². The number of hydrogen-bond acceptors (Lipinski definition) is 4. The van der Waals surface area contributed by atoms with Crippen molar-refractivity contribution in [1.82, 2.24) is 15.3 Å². The summed E-state index contributed by atoms with van der Waals surface area (Å²) >= 11 is 3.50. The molecule has 2 aromatic carbocycles. The second kappa shape index (κ2) is 8.45. The highest BCUT2D eigenvalue weighted by molar-refractivity contribution is 7.99. The van der Waals surface area contributed by atoms with Crippen LogP contribution in [0.3, 0.4) is 0 Å². The first kappa shape index (κ1) is 17.9. The quantitative estimate of drug-likeness (QED) is 0.478. The Kier molecular flexibility index (Phi) is 6.04. The van der Waals surface area contributed by atoms with E-state index in [0.717, 1.165) is 27.7 Å². The van der Waals surface area contributed by atoms with Gasteiger partial charge in [0.05, 0.1) is 11.0 Å². The van der Waals surface area contributed by atoms with Crippen molar-refractivity contribution < 1.29 is 4.79 Å². The number of amides is 1. The minimum Gasteiger partial charge on any atom is -0.356 e. The molecule has 25 heavy (non-hydrogen) atoms. The van der Waals surface area contributed by atoms with Crippen molar-refractivity contribution in [2.45, 2.75) is 29.7 Å². The largest absolute Gasteiger partial charge is 0.356 e. The minimum absolute atomic E-state index is 0.0216. The third-order valence-electron chi connectivity index (χ3n) is 3.86. The second-order valence-corrected chi connectivity index (χ2v) is 7.82. The Morgan fingerprint density at radius 1 is 1.16 bits per heavy atom. The van der Waals surface area contributed by atoms with E-state index in [1.54, 1.807) is 30.4 Å². The topological polar surface area (TPSA) is 57.8 Å². The van der Waals surface area contributed by atoms with Crippen LogP contribution in [0, 0.1) is 6.92 Å². The van der Waals surface area contributed by atoms with Crippen LogP contribution in [0.15, 0.2) is 52.5 Å². The lowest BCUT2D eigenvalue weighted by Gasteiger charge is -2.10. The van der Waals surface area contributed by atoms with Gasteiger partial charge in [0.1, 0.15) is 0 Å². The molecule has 0 aliphatic rings. The zero-order chi connectivity index (χ0) is 17.6. The molecule has 2 N–H and O–H groups in total. The van der Waals surface area contributed by atoms with Crippen LogP contribution in [-0.4, -0.2) is 28.2 Å². The van der Waals surface area contributed by atoms with Crippen molar-refractivity contribution in [3.8, 4) is 0 Å². The molecular formula is C19H21N3OS2. The van der Waals surface area contributed by atoms with Gasteiger partial charge in [-0.2, -0.15) is 0 Å². The number of carbonyl (C=O) groups is 1. The van der Waals surface area contributed by atoms with Crippen LogP contribution in [0.1, 0.15) is 18.1 Å². The molecule has 1 heterocycles. The van der Waals surface area contributed by atoms with E-state index in [1.807, 2.05) is 24.3 Å². The molecule has 0 spiro atoms. The van der Waals surface area contributed by atoms with Crippen molar-refractivity contribution in [3.63, 3.8) is 0 Å². The lowest BCUT2D eigenvalue weighted by atomic mass is 10.1. The lowest BCUT2D eigenvalue weighted by Crippen LogP contribution is -2.22. The third-order valence-corrected chi connectivity index (χ3v) is 5.95. The fourth-order valence-corrected chi connectivity index (χ4v) is 4.40. The monoisotopic (exact) mass is 371 g/mol. The van der Waals surface area contributed by atoms with E-state index in [-0.39, 0.29) is 5.91 Å². The molecule has 0 unspecified atom stereocenters. The highest BCUT2D eigenvalue weighted by Crippen LogP contribution is 2.29. The minimum atomic E-state index is 0.0216. The van der Waals surface area contributed by atoms with E-state index in [0.29, 0.717) is 6.54 Å². The molecule has 0 saturated carbocycles. The highest BCUT2D eigenvalue weighted by atomic mass is 32.2. The summed E-state index contributed by atoms with van der Waals surface area (Å²) < 4.78 is 0. The van der Waals surface area contributed by atoms with Crippen LogP contribution in [0.25, 0.3) is 11.0 Å². The Labute approximate surface area is 156 Å². The molecule has 1 amide bonds. The predicted molar refractivity (Wildman–Crippen MR) is 106 cm³/mol. The summed E-state index contributed by atoms with van der Waals surface area (Å²) in [7, 11) is 0. The van der Waals surface area contributed by atoms with Gasteiger partial charge in [-0.25, -0.2) is 4.98 Å². The van der Waals surface area contributed by atoms with Crippen LogP contribution in [-0.2, 0) is 10.5 Å². The van der Waals surface area contributed by atoms with Crippen LogP contribution in [0.2, 0.25) is 0 Å². The number of nitrogens with zero attached hydrogens (tertiary/aromatic N) is 1. The Morgan fingerprint density at radius 2 is 2.00 bits per heavy atom. The van der Waals surface area contributed by atoms with Gasteiger partial charge >= 0.3 is 0 Å². The molecule has 6 heteroatoms. The molecule has 0 radical (unpaired) electrons. The number of aromatic nitrogens is 2. The van der Waals surface area contributed by atoms with Crippen molar-refractivity contribution in [3.05, 3.63) is 53.6 Å². The van der Waals surface area contributed by atoms with Gasteiger partial charge in [0.25, 0.3) is 0 Å². The summed E-state index contributed by atoms with van der Waals surface area (Å²) in [6, 6.07) is 14.5. The molecule has 3 rings (SSSR count). The fourth-order valence-electron chi connectivity index (χ4n) is 2.50. The lowest BCUT2D eigenvalue weighted by molar-refractivity contribution is -0.118. The number of H-pyrrole nitrogens is 1. The maximum Gasteiger partial charge on any atom is 0.216 e. The first-order valence-electron chi connectivity index (χ1n) is 8.17. The molecule has 0 aliphatic heterocycles. The molecule has 0 fully saturated rings. The summed E-state index contributed by atoms with van der Waals surface area (Å²) in [6.07, 6.45) is 0. The van der Waals surface area contributed by atoms with E-state index in [1.165, 1.54) is 16.0 Å². The zero-order valence-electron chi connectivity index (χ0n) is 14.3. The Balaban J connectivity index is 1.62. The van der Waals surface area contributed by atoms with Gasteiger partial charge in [0.15, 0.2) is 5.16 Å². The number of fused-ring (bicyclic) bond motifs is 1. The smallest absolute Gasteiger partial charge is 0.216 e. The average molecular weight is 372 g/mol. The first-order chi connectivity index (χ1) is 12.1. The van der Waals surface area contributed by atoms with Crippen LogP contribution in [0.4, 0.5) is 0 Å². The van der Waals surface area contributed by atoms with E-state index >= 15 is 0 Å². The summed E-state index contributed by atoms with van der Waals surface area (Å²) in [5.41, 5.74) is 4.70. The maximum absolute atomic E-state index is 10.9. The Bertz CT molecular complexity index is 843. The van der Waals surface area contributed by atoms with Crippen molar-refractivity contribution in [1.29, 1.82) is 0 Å². The summed E-state index contributed by atoms with van der Waals surface area (Å²) in [6.45, 7) is 4.40. The summed E-state index contributed by atoms with van der Waals surface area (Å²) in [4.78, 5) is 20.2. The molecule has 4 nitrogen and oxygen atoms in total. The Hall–Kier alpha value is -1.92. The van der Waals surface area contributed by atoms with Gasteiger partial charge in [-0.05, 0) is 36.2 Å². The third kappa shape index (κ3) is 4.80. The number of benzene rings is 2. The van der Waals surface area contributed by atoms with Crippen LogP contribution < -0.4 is 5.32 Å².